The molecule has 0 aliphatic heterocycles. The van der Waals surface area contributed by atoms with Crippen LogP contribution >= 0.6 is 22.9 Å². The molecule has 1 fully saturated rings. The standard InChI is InChI=1S/C15H21ClN2OS/c1-2-9-18(10-13-7-8-14(16)20-13)15(19)11-3-5-12(17)6-4-11/h2,7-8,11-12H,1,3-6,9-10,17H2. The number of nitrogens with zero attached hydrogens (tertiary/aromatic N) is 1. The summed E-state index contributed by atoms with van der Waals surface area (Å²) < 4.78 is 0.759. The molecule has 1 aromatic heterocycles. The van der Waals surface area contributed by atoms with Crippen LogP contribution in [0.4, 0.5) is 0 Å². The van der Waals surface area contributed by atoms with Crippen molar-refractivity contribution in [3.05, 3.63) is 34.0 Å². The summed E-state index contributed by atoms with van der Waals surface area (Å²) in [5.41, 5.74) is 5.90. The molecule has 0 bridgehead atoms. The van der Waals surface area contributed by atoms with Crippen LogP contribution in [0.1, 0.15) is 30.6 Å². The van der Waals surface area contributed by atoms with Crippen LogP contribution < -0.4 is 5.73 Å². The molecule has 5 heteroatoms. The molecule has 1 amide bonds. The van der Waals surface area contributed by atoms with E-state index in [-0.39, 0.29) is 17.9 Å². The largest absolute Gasteiger partial charge is 0.334 e. The maximum Gasteiger partial charge on any atom is 0.226 e. The molecule has 2 rings (SSSR count). The summed E-state index contributed by atoms with van der Waals surface area (Å²) in [6, 6.07) is 4.12. The lowest BCUT2D eigenvalue weighted by molar-refractivity contribution is -0.136. The van der Waals surface area contributed by atoms with E-state index in [0.717, 1.165) is 34.9 Å². The molecule has 3 nitrogen and oxygen atoms in total. The average molecular weight is 313 g/mol. The number of hydrogen-bond acceptors (Lipinski definition) is 3. The molecule has 0 aromatic carbocycles. The van der Waals surface area contributed by atoms with Crippen molar-refractivity contribution in [2.24, 2.45) is 11.7 Å². The summed E-state index contributed by atoms with van der Waals surface area (Å²) in [6.45, 7) is 4.95. The monoisotopic (exact) mass is 312 g/mol. The summed E-state index contributed by atoms with van der Waals surface area (Å²) in [7, 11) is 0. The number of thiophene rings is 1. The third kappa shape index (κ3) is 4.08. The summed E-state index contributed by atoms with van der Waals surface area (Å²) in [5.74, 6) is 0.339. The van der Waals surface area contributed by atoms with Crippen molar-refractivity contribution in [1.82, 2.24) is 4.90 Å². The molecule has 2 N–H and O–H groups in total. The zero-order valence-corrected chi connectivity index (χ0v) is 13.1. The van der Waals surface area contributed by atoms with E-state index in [1.54, 1.807) is 6.08 Å². The van der Waals surface area contributed by atoms with Gasteiger partial charge in [-0.25, -0.2) is 0 Å². The van der Waals surface area contributed by atoms with E-state index in [1.165, 1.54) is 11.3 Å². The maximum atomic E-state index is 12.6. The third-order valence-corrected chi connectivity index (χ3v) is 4.97. The van der Waals surface area contributed by atoms with Gasteiger partial charge in [-0.05, 0) is 37.8 Å². The van der Waals surface area contributed by atoms with E-state index in [1.807, 2.05) is 17.0 Å². The van der Waals surface area contributed by atoms with Crippen molar-refractivity contribution in [1.29, 1.82) is 0 Å². The first-order valence-electron chi connectivity index (χ1n) is 6.99. The fraction of sp³-hybridized carbons (Fsp3) is 0.533. The van der Waals surface area contributed by atoms with Gasteiger partial charge in [-0.2, -0.15) is 0 Å². The smallest absolute Gasteiger partial charge is 0.226 e. The van der Waals surface area contributed by atoms with Crippen LogP contribution in [0.2, 0.25) is 4.34 Å². The van der Waals surface area contributed by atoms with E-state index in [0.29, 0.717) is 13.1 Å². The number of nitrogens with two attached hydrogens (primary N) is 1. The van der Waals surface area contributed by atoms with Gasteiger partial charge in [0, 0.05) is 23.4 Å². The van der Waals surface area contributed by atoms with Crippen LogP contribution in [0.15, 0.2) is 24.8 Å². The minimum Gasteiger partial charge on any atom is -0.334 e. The summed E-state index contributed by atoms with van der Waals surface area (Å²) >= 11 is 7.47. The highest BCUT2D eigenvalue weighted by molar-refractivity contribution is 7.16. The highest BCUT2D eigenvalue weighted by Crippen LogP contribution is 2.27. The molecule has 0 unspecified atom stereocenters. The van der Waals surface area contributed by atoms with Gasteiger partial charge in [0.15, 0.2) is 0 Å². The number of amides is 1. The van der Waals surface area contributed by atoms with Gasteiger partial charge in [-0.15, -0.1) is 17.9 Å². The molecule has 0 spiro atoms. The summed E-state index contributed by atoms with van der Waals surface area (Å²) in [4.78, 5) is 15.6. The number of carbonyl (C=O) groups excluding carboxylic acids is 1. The second-order valence-electron chi connectivity index (χ2n) is 5.32. The second-order valence-corrected chi connectivity index (χ2v) is 7.12. The van der Waals surface area contributed by atoms with Crippen molar-refractivity contribution < 1.29 is 4.79 Å². The first kappa shape index (κ1) is 15.5. The predicted molar refractivity (Wildman–Crippen MR) is 84.9 cm³/mol. The molecule has 0 atom stereocenters. The Hall–Kier alpha value is -0.840. The van der Waals surface area contributed by atoms with Crippen molar-refractivity contribution in [2.75, 3.05) is 6.54 Å². The van der Waals surface area contributed by atoms with Gasteiger partial charge in [0.25, 0.3) is 0 Å². The predicted octanol–water partition coefficient (Wildman–Crippen LogP) is 3.43. The molecular weight excluding hydrogens is 292 g/mol. The Morgan fingerprint density at radius 1 is 1.45 bits per heavy atom. The van der Waals surface area contributed by atoms with E-state index >= 15 is 0 Å². The van der Waals surface area contributed by atoms with Gasteiger partial charge in [0.1, 0.15) is 0 Å². The Labute approximate surface area is 129 Å². The second kappa shape index (κ2) is 7.25. The van der Waals surface area contributed by atoms with E-state index in [9.17, 15) is 4.79 Å². The Morgan fingerprint density at radius 2 is 2.15 bits per heavy atom. The van der Waals surface area contributed by atoms with Gasteiger partial charge in [0.2, 0.25) is 5.91 Å². The Morgan fingerprint density at radius 3 is 2.70 bits per heavy atom. The van der Waals surface area contributed by atoms with E-state index in [4.69, 9.17) is 17.3 Å². The van der Waals surface area contributed by atoms with Crippen molar-refractivity contribution in [2.45, 2.75) is 38.3 Å². The van der Waals surface area contributed by atoms with Gasteiger partial charge in [-0.1, -0.05) is 17.7 Å². The molecular formula is C15H21ClN2OS. The van der Waals surface area contributed by atoms with Crippen molar-refractivity contribution in [3.8, 4) is 0 Å². The molecule has 1 saturated carbocycles. The lowest BCUT2D eigenvalue weighted by Crippen LogP contribution is -2.39. The maximum absolute atomic E-state index is 12.6. The van der Waals surface area contributed by atoms with Crippen LogP contribution in [0.25, 0.3) is 0 Å². The molecule has 0 saturated heterocycles. The van der Waals surface area contributed by atoms with Gasteiger partial charge < -0.3 is 10.6 Å². The van der Waals surface area contributed by atoms with E-state index < -0.39 is 0 Å². The van der Waals surface area contributed by atoms with Crippen molar-refractivity contribution in [3.63, 3.8) is 0 Å². The zero-order chi connectivity index (χ0) is 14.5. The summed E-state index contributed by atoms with van der Waals surface area (Å²) in [5, 5.41) is 0. The molecule has 1 aromatic rings. The van der Waals surface area contributed by atoms with Crippen LogP contribution in [-0.4, -0.2) is 23.4 Å². The number of halogens is 1. The summed E-state index contributed by atoms with van der Waals surface area (Å²) in [6.07, 6.45) is 5.48. The average Bonchev–Trinajstić information content (AvgIpc) is 2.84. The minimum absolute atomic E-state index is 0.116. The highest BCUT2D eigenvalue weighted by Gasteiger charge is 2.28. The fourth-order valence-electron chi connectivity index (χ4n) is 2.64. The number of carbonyl (C=O) groups is 1. The van der Waals surface area contributed by atoms with Crippen LogP contribution in [0.5, 0.6) is 0 Å². The lowest BCUT2D eigenvalue weighted by atomic mass is 9.85. The molecule has 1 aliphatic carbocycles. The first-order chi connectivity index (χ1) is 9.60. The zero-order valence-electron chi connectivity index (χ0n) is 11.6. The third-order valence-electron chi connectivity index (χ3n) is 3.76. The SMILES string of the molecule is C=CCN(Cc1ccc(Cl)s1)C(=O)C1CCC(N)CC1. The minimum atomic E-state index is 0.116. The van der Waals surface area contributed by atoms with Crippen LogP contribution in [0, 0.1) is 5.92 Å². The molecule has 1 aliphatic rings. The molecule has 20 heavy (non-hydrogen) atoms. The highest BCUT2D eigenvalue weighted by atomic mass is 35.5. The van der Waals surface area contributed by atoms with Crippen molar-refractivity contribution >= 4 is 28.8 Å². The Balaban J connectivity index is 2.00. The molecule has 1 heterocycles. The first-order valence-corrected chi connectivity index (χ1v) is 8.19. The Kier molecular flexibility index (Phi) is 5.64. The molecule has 0 radical (unpaired) electrons. The topological polar surface area (TPSA) is 46.3 Å². The van der Waals surface area contributed by atoms with Gasteiger partial charge in [-0.3, -0.25) is 4.79 Å². The van der Waals surface area contributed by atoms with Crippen LogP contribution in [-0.2, 0) is 11.3 Å². The van der Waals surface area contributed by atoms with Gasteiger partial charge in [0.05, 0.1) is 10.9 Å². The quantitative estimate of drug-likeness (QED) is 0.847. The molecule has 110 valence electrons. The normalized spacial score (nSPS) is 22.5. The lowest BCUT2D eigenvalue weighted by Gasteiger charge is -2.30. The van der Waals surface area contributed by atoms with Crippen LogP contribution in [0.3, 0.4) is 0 Å². The number of hydrogen-bond donors (Lipinski definition) is 1. The Bertz CT molecular complexity index is 466. The number of rotatable bonds is 5. The van der Waals surface area contributed by atoms with Gasteiger partial charge >= 0.3 is 0 Å². The fourth-order valence-corrected chi connectivity index (χ4v) is 3.74. The van der Waals surface area contributed by atoms with E-state index in [2.05, 4.69) is 6.58 Å².